The lowest BCUT2D eigenvalue weighted by atomic mass is 9.95. The number of carbonyl (C=O) groups is 2. The van der Waals surface area contributed by atoms with Gasteiger partial charge in [-0.05, 0) is 61.0 Å². The third kappa shape index (κ3) is 5.12. The molecule has 1 unspecified atom stereocenters. The number of rotatable bonds is 9. The zero-order valence-corrected chi connectivity index (χ0v) is 24.3. The fourth-order valence-corrected chi connectivity index (χ4v) is 6.07. The third-order valence-electron chi connectivity index (χ3n) is 6.99. The van der Waals surface area contributed by atoms with Gasteiger partial charge in [0.15, 0.2) is 28.1 Å². The van der Waals surface area contributed by atoms with Gasteiger partial charge >= 0.3 is 5.91 Å². The van der Waals surface area contributed by atoms with Gasteiger partial charge in [-0.15, -0.1) is 0 Å². The fraction of sp³-hybridized carbons (Fsp3) is 0.219. The summed E-state index contributed by atoms with van der Waals surface area (Å²) in [5, 5.41) is 11.9. The van der Waals surface area contributed by atoms with Crippen molar-refractivity contribution < 1.29 is 38.4 Å². The average Bonchev–Trinajstić information content (AvgIpc) is 3.57. The van der Waals surface area contributed by atoms with Gasteiger partial charge < -0.3 is 28.8 Å². The number of fused-ring (bicyclic) bond motifs is 2. The van der Waals surface area contributed by atoms with Crippen LogP contribution in [0.4, 0.5) is 5.13 Å². The van der Waals surface area contributed by atoms with E-state index in [0.717, 1.165) is 4.70 Å². The van der Waals surface area contributed by atoms with Crippen molar-refractivity contribution in [2.45, 2.75) is 13.0 Å². The van der Waals surface area contributed by atoms with Gasteiger partial charge in [0, 0.05) is 5.56 Å². The highest BCUT2D eigenvalue weighted by molar-refractivity contribution is 7.22. The highest BCUT2D eigenvalue weighted by Gasteiger charge is 2.48. The second kappa shape index (κ2) is 11.7. The van der Waals surface area contributed by atoms with Crippen molar-refractivity contribution in [3.63, 3.8) is 0 Å². The van der Waals surface area contributed by atoms with Gasteiger partial charge in [0.1, 0.15) is 31.3 Å². The molecule has 6 rings (SSSR count). The van der Waals surface area contributed by atoms with Gasteiger partial charge in [-0.1, -0.05) is 30.1 Å². The monoisotopic (exact) mass is 600 g/mol. The van der Waals surface area contributed by atoms with Crippen molar-refractivity contribution in [3.8, 4) is 28.7 Å². The number of Topliss-reactive ketones (excluding diaryl/α,β-unsaturated/α-hetero) is 1. The Kier molecular flexibility index (Phi) is 7.64. The van der Waals surface area contributed by atoms with Crippen LogP contribution in [0.2, 0.25) is 0 Å². The third-order valence-corrected chi connectivity index (χ3v) is 8.01. The molecule has 4 aromatic rings. The number of amides is 1. The maximum atomic E-state index is 13.7. The summed E-state index contributed by atoms with van der Waals surface area (Å²) in [4.78, 5) is 33.5. The number of nitrogens with zero attached hydrogens (tertiary/aromatic N) is 2. The van der Waals surface area contributed by atoms with Gasteiger partial charge in [0.2, 0.25) is 0 Å². The van der Waals surface area contributed by atoms with E-state index in [-0.39, 0.29) is 17.9 Å². The first kappa shape index (κ1) is 28.1. The molecule has 43 heavy (non-hydrogen) atoms. The molecule has 11 heteroatoms. The smallest absolute Gasteiger partial charge is 0.301 e. The Bertz CT molecular complexity index is 1780. The van der Waals surface area contributed by atoms with Crippen molar-refractivity contribution in [1.82, 2.24) is 4.98 Å². The Morgan fingerprint density at radius 3 is 2.65 bits per heavy atom. The van der Waals surface area contributed by atoms with E-state index in [4.69, 9.17) is 23.7 Å². The molecule has 220 valence electrons. The number of aliphatic hydroxyl groups excluding tert-OH is 1. The quantitative estimate of drug-likeness (QED) is 0.112. The summed E-state index contributed by atoms with van der Waals surface area (Å²) < 4.78 is 29.0. The van der Waals surface area contributed by atoms with Crippen LogP contribution < -0.4 is 28.6 Å². The highest BCUT2D eigenvalue weighted by Crippen LogP contribution is 2.46. The Balaban J connectivity index is 1.53. The topological polar surface area (TPSA) is 117 Å². The molecule has 0 radical (unpaired) electrons. The van der Waals surface area contributed by atoms with E-state index in [1.165, 1.54) is 16.2 Å². The Morgan fingerprint density at radius 2 is 1.88 bits per heavy atom. The van der Waals surface area contributed by atoms with Crippen molar-refractivity contribution >= 4 is 44.1 Å². The van der Waals surface area contributed by atoms with E-state index in [1.807, 2.05) is 13.0 Å². The Morgan fingerprint density at radius 1 is 1.07 bits per heavy atom. The van der Waals surface area contributed by atoms with Crippen LogP contribution in [-0.2, 0) is 9.59 Å². The molecule has 2 aliphatic rings. The molecular formula is C32H28N2O8S. The van der Waals surface area contributed by atoms with E-state index < -0.39 is 17.7 Å². The molecule has 0 aliphatic carbocycles. The molecule has 0 saturated carbocycles. The predicted molar refractivity (Wildman–Crippen MR) is 162 cm³/mol. The lowest BCUT2D eigenvalue weighted by molar-refractivity contribution is -0.132. The molecule has 1 aromatic heterocycles. The number of hydrogen-bond donors (Lipinski definition) is 1. The Hall–Kier alpha value is -5.03. The van der Waals surface area contributed by atoms with Crippen LogP contribution in [0.15, 0.2) is 72.8 Å². The van der Waals surface area contributed by atoms with Crippen LogP contribution in [-0.4, -0.2) is 55.3 Å². The molecule has 0 bridgehead atoms. The van der Waals surface area contributed by atoms with E-state index >= 15 is 0 Å². The number of ketones is 1. The average molecular weight is 601 g/mol. The highest BCUT2D eigenvalue weighted by atomic mass is 32.1. The van der Waals surface area contributed by atoms with Crippen LogP contribution in [0.25, 0.3) is 16.0 Å². The molecule has 2 aliphatic heterocycles. The second-order valence-corrected chi connectivity index (χ2v) is 10.6. The number of methoxy groups -OCH3 is 1. The standard InChI is InChI=1S/C32H28N2O8S/c1-4-12-40-22-10-6-18(15-24(22)39-5-2)28-27(29(35)19-7-11-23-25(16-19)42-14-13-41-23)30(36)31(37)34(28)32-33-21-9-8-20(38-3)17-26(21)43-32/h4,6-11,15-17,28,35H,1,5,12-14H2,2-3H3. The number of hydrogen-bond acceptors (Lipinski definition) is 10. The van der Waals surface area contributed by atoms with Gasteiger partial charge in [0.25, 0.3) is 5.78 Å². The molecule has 3 heterocycles. The molecule has 1 amide bonds. The van der Waals surface area contributed by atoms with Crippen LogP contribution >= 0.6 is 11.3 Å². The SMILES string of the molecule is C=CCOc1ccc(C2C(=C(O)c3ccc4c(c3)OCCO4)C(=O)C(=O)N2c2nc3ccc(OC)cc3s2)cc1OCC. The zero-order chi connectivity index (χ0) is 30.1. The van der Waals surface area contributed by atoms with E-state index in [9.17, 15) is 14.7 Å². The minimum atomic E-state index is -1.02. The first-order valence-corrected chi connectivity index (χ1v) is 14.4. The maximum absolute atomic E-state index is 13.7. The molecule has 1 atom stereocenters. The van der Waals surface area contributed by atoms with E-state index in [1.54, 1.807) is 61.7 Å². The molecule has 1 saturated heterocycles. The van der Waals surface area contributed by atoms with Gasteiger partial charge in [0.05, 0.1) is 35.5 Å². The second-order valence-electron chi connectivity index (χ2n) is 9.60. The van der Waals surface area contributed by atoms with Crippen LogP contribution in [0.3, 0.4) is 0 Å². The summed E-state index contributed by atoms with van der Waals surface area (Å²) in [7, 11) is 1.57. The number of anilines is 1. The minimum Gasteiger partial charge on any atom is -0.507 e. The number of aliphatic hydroxyl groups is 1. The van der Waals surface area contributed by atoms with Crippen molar-refractivity contribution in [2.24, 2.45) is 0 Å². The van der Waals surface area contributed by atoms with Crippen LogP contribution in [0.5, 0.6) is 28.7 Å². The van der Waals surface area contributed by atoms with E-state index in [2.05, 4.69) is 11.6 Å². The minimum absolute atomic E-state index is 0.0966. The first-order valence-electron chi connectivity index (χ1n) is 13.6. The van der Waals surface area contributed by atoms with Gasteiger partial charge in [-0.25, -0.2) is 4.98 Å². The van der Waals surface area contributed by atoms with Crippen LogP contribution in [0.1, 0.15) is 24.1 Å². The summed E-state index contributed by atoms with van der Waals surface area (Å²) in [6.45, 7) is 6.91. The summed E-state index contributed by atoms with van der Waals surface area (Å²) in [6, 6.07) is 14.4. The van der Waals surface area contributed by atoms with Gasteiger partial charge in [-0.3, -0.25) is 14.5 Å². The van der Waals surface area contributed by atoms with Crippen LogP contribution in [0, 0.1) is 0 Å². The summed E-state index contributed by atoms with van der Waals surface area (Å²) >= 11 is 1.24. The van der Waals surface area contributed by atoms with Crippen molar-refractivity contribution in [2.75, 3.05) is 38.4 Å². The zero-order valence-electron chi connectivity index (χ0n) is 23.5. The normalized spacial score (nSPS) is 17.3. The number of benzene rings is 3. The lowest BCUT2D eigenvalue weighted by Gasteiger charge is -2.24. The molecule has 1 N–H and O–H groups in total. The first-order chi connectivity index (χ1) is 20.9. The van der Waals surface area contributed by atoms with Crippen molar-refractivity contribution in [1.29, 1.82) is 0 Å². The number of aromatic nitrogens is 1. The number of thiazole rings is 1. The Labute approximate surface area is 251 Å². The molecule has 0 spiro atoms. The molecule has 10 nitrogen and oxygen atoms in total. The summed E-state index contributed by atoms with van der Waals surface area (Å²) in [5.41, 5.74) is 1.36. The molecule has 1 fully saturated rings. The number of ether oxygens (including phenoxy) is 5. The summed E-state index contributed by atoms with van der Waals surface area (Å²) in [6.07, 6.45) is 1.62. The molecule has 3 aromatic carbocycles. The lowest BCUT2D eigenvalue weighted by Crippen LogP contribution is -2.29. The predicted octanol–water partition coefficient (Wildman–Crippen LogP) is 5.67. The van der Waals surface area contributed by atoms with Gasteiger partial charge in [-0.2, -0.15) is 0 Å². The summed E-state index contributed by atoms with van der Waals surface area (Å²) in [5.74, 6) is 0.470. The largest absolute Gasteiger partial charge is 0.507 e. The maximum Gasteiger partial charge on any atom is 0.301 e. The van der Waals surface area contributed by atoms with Crippen molar-refractivity contribution in [3.05, 3.63) is 84.0 Å². The molecular weight excluding hydrogens is 572 g/mol. The number of carbonyl (C=O) groups excluding carboxylic acids is 2. The van der Waals surface area contributed by atoms with E-state index in [0.29, 0.717) is 70.3 Å². The fourth-order valence-electron chi connectivity index (χ4n) is 5.05.